The Hall–Kier alpha value is -0.950. The molecule has 5 atom stereocenters. The first-order chi connectivity index (χ1) is 11.6. The molecule has 3 fully saturated rings. The predicted molar refractivity (Wildman–Crippen MR) is 97.7 cm³/mol. The molecular formula is C18H25BrN4O. The van der Waals surface area contributed by atoms with E-state index < -0.39 is 0 Å². The number of hydrogen-bond acceptors (Lipinski definition) is 4. The number of benzene rings is 1. The molecule has 0 spiro atoms. The number of likely N-dealkylation sites (N-methyl/N-ethyl adjacent to an activating group) is 1. The highest BCUT2D eigenvalue weighted by molar-refractivity contribution is 9.09. The number of alkyl halides is 1. The first-order valence-electron chi connectivity index (χ1n) is 8.86. The second-order valence-electron chi connectivity index (χ2n) is 7.31. The summed E-state index contributed by atoms with van der Waals surface area (Å²) < 4.78 is 0. The standard InChI is InChI=1S/C18H25BrN4O/c1-23(14-9-12-7-8-13(10-14)20-12)18(24)17-15(19)16(21-22-17)11-5-3-2-4-6-11/h2-6,12-17,20-22H,7-10H2,1H3. The molecule has 24 heavy (non-hydrogen) atoms. The van der Waals surface area contributed by atoms with Crippen LogP contribution >= 0.6 is 15.9 Å². The SMILES string of the molecule is CN(C(=O)C1NNC(c2ccccc2)C1Br)C1CC2CCC(C1)N2. The maximum absolute atomic E-state index is 13.0. The Morgan fingerprint density at radius 3 is 2.46 bits per heavy atom. The van der Waals surface area contributed by atoms with Gasteiger partial charge in [-0.3, -0.25) is 4.79 Å². The van der Waals surface area contributed by atoms with Gasteiger partial charge in [-0.1, -0.05) is 46.3 Å². The van der Waals surface area contributed by atoms with E-state index in [2.05, 4.69) is 44.2 Å². The smallest absolute Gasteiger partial charge is 0.242 e. The zero-order valence-corrected chi connectivity index (χ0v) is 15.5. The molecule has 6 heteroatoms. The molecule has 3 aliphatic rings. The first kappa shape index (κ1) is 16.5. The molecule has 4 rings (SSSR count). The van der Waals surface area contributed by atoms with Crippen LogP contribution in [0.1, 0.15) is 37.3 Å². The molecule has 0 saturated carbocycles. The van der Waals surface area contributed by atoms with Gasteiger partial charge in [0.15, 0.2) is 0 Å². The molecule has 0 aliphatic carbocycles. The Labute approximate surface area is 151 Å². The van der Waals surface area contributed by atoms with E-state index in [9.17, 15) is 4.79 Å². The summed E-state index contributed by atoms with van der Waals surface area (Å²) >= 11 is 3.75. The molecule has 130 valence electrons. The summed E-state index contributed by atoms with van der Waals surface area (Å²) in [6.07, 6.45) is 4.66. The number of halogens is 1. The van der Waals surface area contributed by atoms with Gasteiger partial charge >= 0.3 is 0 Å². The third-order valence-corrected chi connectivity index (χ3v) is 6.86. The summed E-state index contributed by atoms with van der Waals surface area (Å²) in [5, 5.41) is 3.65. The van der Waals surface area contributed by atoms with Gasteiger partial charge in [-0.25, -0.2) is 10.9 Å². The van der Waals surface area contributed by atoms with Gasteiger partial charge in [-0.2, -0.15) is 0 Å². The molecule has 3 saturated heterocycles. The van der Waals surface area contributed by atoms with E-state index >= 15 is 0 Å². The van der Waals surface area contributed by atoms with Crippen LogP contribution in [-0.4, -0.2) is 46.8 Å². The number of rotatable bonds is 3. The molecule has 2 bridgehead atoms. The lowest BCUT2D eigenvalue weighted by Gasteiger charge is -2.37. The van der Waals surface area contributed by atoms with Crippen molar-refractivity contribution in [2.24, 2.45) is 0 Å². The maximum Gasteiger partial charge on any atom is 0.242 e. The monoisotopic (exact) mass is 392 g/mol. The van der Waals surface area contributed by atoms with Crippen molar-refractivity contribution >= 4 is 21.8 Å². The van der Waals surface area contributed by atoms with E-state index in [1.807, 2.05) is 30.1 Å². The van der Waals surface area contributed by atoms with Crippen LogP contribution in [0.25, 0.3) is 0 Å². The van der Waals surface area contributed by atoms with E-state index in [4.69, 9.17) is 0 Å². The van der Waals surface area contributed by atoms with Gasteiger partial charge in [0, 0.05) is 25.2 Å². The van der Waals surface area contributed by atoms with Crippen LogP contribution in [0, 0.1) is 0 Å². The quantitative estimate of drug-likeness (QED) is 0.685. The van der Waals surface area contributed by atoms with Crippen molar-refractivity contribution in [3.8, 4) is 0 Å². The fourth-order valence-electron chi connectivity index (χ4n) is 4.40. The van der Waals surface area contributed by atoms with E-state index in [0.717, 1.165) is 12.8 Å². The Bertz CT molecular complexity index is 586. The number of piperidine rings is 1. The summed E-state index contributed by atoms with van der Waals surface area (Å²) in [4.78, 5) is 15.1. The van der Waals surface area contributed by atoms with Crippen LogP contribution in [0.5, 0.6) is 0 Å². The van der Waals surface area contributed by atoms with Crippen molar-refractivity contribution in [1.29, 1.82) is 0 Å². The van der Waals surface area contributed by atoms with Gasteiger partial charge < -0.3 is 10.2 Å². The first-order valence-corrected chi connectivity index (χ1v) is 9.78. The number of amides is 1. The van der Waals surface area contributed by atoms with Crippen molar-refractivity contribution in [1.82, 2.24) is 21.1 Å². The molecule has 3 aliphatic heterocycles. The fraction of sp³-hybridized carbons (Fsp3) is 0.611. The van der Waals surface area contributed by atoms with Crippen LogP contribution in [0.3, 0.4) is 0 Å². The lowest BCUT2D eigenvalue weighted by Crippen LogP contribution is -2.54. The van der Waals surface area contributed by atoms with Crippen molar-refractivity contribution in [3.63, 3.8) is 0 Å². The zero-order chi connectivity index (χ0) is 16.7. The molecule has 1 amide bonds. The summed E-state index contributed by atoms with van der Waals surface area (Å²) in [6.45, 7) is 0. The lowest BCUT2D eigenvalue weighted by molar-refractivity contribution is -0.134. The Kier molecular flexibility index (Phi) is 4.64. The second-order valence-corrected chi connectivity index (χ2v) is 8.37. The topological polar surface area (TPSA) is 56.4 Å². The number of nitrogens with zero attached hydrogens (tertiary/aromatic N) is 1. The van der Waals surface area contributed by atoms with Crippen LogP contribution in [0.2, 0.25) is 0 Å². The number of hydrazine groups is 1. The minimum atomic E-state index is -0.243. The average molecular weight is 393 g/mol. The van der Waals surface area contributed by atoms with E-state index in [1.165, 1.54) is 18.4 Å². The van der Waals surface area contributed by atoms with Gasteiger partial charge in [0.05, 0.1) is 10.9 Å². The molecule has 1 aromatic carbocycles. The Morgan fingerprint density at radius 2 is 1.79 bits per heavy atom. The normalized spacial score (nSPS) is 38.2. The van der Waals surface area contributed by atoms with Gasteiger partial charge in [0.25, 0.3) is 0 Å². The highest BCUT2D eigenvalue weighted by atomic mass is 79.9. The summed E-state index contributed by atoms with van der Waals surface area (Å²) in [5.41, 5.74) is 7.68. The average Bonchev–Trinajstić information content (AvgIpc) is 3.16. The number of fused-ring (bicyclic) bond motifs is 2. The lowest BCUT2D eigenvalue weighted by atomic mass is 9.97. The molecule has 3 N–H and O–H groups in total. The fourth-order valence-corrected chi connectivity index (χ4v) is 5.20. The van der Waals surface area contributed by atoms with Crippen molar-refractivity contribution in [3.05, 3.63) is 35.9 Å². The Balaban J connectivity index is 1.43. The largest absolute Gasteiger partial charge is 0.341 e. The molecule has 0 radical (unpaired) electrons. The van der Waals surface area contributed by atoms with E-state index in [-0.39, 0.29) is 22.8 Å². The molecule has 5 nitrogen and oxygen atoms in total. The van der Waals surface area contributed by atoms with Crippen molar-refractivity contribution in [2.45, 2.75) is 60.7 Å². The Morgan fingerprint density at radius 1 is 1.12 bits per heavy atom. The van der Waals surface area contributed by atoms with Gasteiger partial charge in [0.1, 0.15) is 6.04 Å². The van der Waals surface area contributed by atoms with Crippen LogP contribution < -0.4 is 16.2 Å². The number of carbonyl (C=O) groups is 1. The van der Waals surface area contributed by atoms with Crippen LogP contribution in [-0.2, 0) is 4.79 Å². The zero-order valence-electron chi connectivity index (χ0n) is 13.9. The highest BCUT2D eigenvalue weighted by Crippen LogP contribution is 2.32. The molecule has 3 heterocycles. The van der Waals surface area contributed by atoms with Gasteiger partial charge in [-0.15, -0.1) is 0 Å². The number of hydrogen-bond donors (Lipinski definition) is 3. The summed E-state index contributed by atoms with van der Waals surface area (Å²) in [7, 11) is 1.97. The number of carbonyl (C=O) groups excluding carboxylic acids is 1. The van der Waals surface area contributed by atoms with E-state index in [0.29, 0.717) is 18.1 Å². The molecule has 1 aromatic rings. The minimum absolute atomic E-state index is 0.0355. The highest BCUT2D eigenvalue weighted by Gasteiger charge is 2.43. The van der Waals surface area contributed by atoms with Crippen LogP contribution in [0.15, 0.2) is 30.3 Å². The summed E-state index contributed by atoms with van der Waals surface area (Å²) in [5.74, 6) is 0.175. The molecule has 0 aromatic heterocycles. The number of nitrogens with one attached hydrogen (secondary N) is 3. The van der Waals surface area contributed by atoms with Gasteiger partial charge in [0.2, 0.25) is 5.91 Å². The van der Waals surface area contributed by atoms with Gasteiger partial charge in [-0.05, 0) is 31.2 Å². The van der Waals surface area contributed by atoms with E-state index in [1.54, 1.807) is 0 Å². The molecular weight excluding hydrogens is 368 g/mol. The third kappa shape index (κ3) is 3.01. The molecule has 5 unspecified atom stereocenters. The third-order valence-electron chi connectivity index (χ3n) is 5.80. The van der Waals surface area contributed by atoms with Crippen molar-refractivity contribution < 1.29 is 4.79 Å². The van der Waals surface area contributed by atoms with Crippen LogP contribution in [0.4, 0.5) is 0 Å². The summed E-state index contributed by atoms with van der Waals surface area (Å²) in [6, 6.07) is 11.6. The minimum Gasteiger partial charge on any atom is -0.341 e. The maximum atomic E-state index is 13.0. The second kappa shape index (κ2) is 6.75. The predicted octanol–water partition coefficient (Wildman–Crippen LogP) is 1.71. The van der Waals surface area contributed by atoms with Crippen molar-refractivity contribution in [2.75, 3.05) is 7.05 Å².